The van der Waals surface area contributed by atoms with E-state index in [1.807, 2.05) is 18.2 Å². The van der Waals surface area contributed by atoms with E-state index in [0.29, 0.717) is 22.5 Å². The molecule has 0 saturated heterocycles. The molecule has 5 N–H and O–H groups in total. The van der Waals surface area contributed by atoms with Gasteiger partial charge >= 0.3 is 6.03 Å². The molecular formula is C19H19FN6O2S. The predicted molar refractivity (Wildman–Crippen MR) is 110 cm³/mol. The Morgan fingerprint density at radius 3 is 2.76 bits per heavy atom. The van der Waals surface area contributed by atoms with Crippen molar-refractivity contribution >= 4 is 38.6 Å². The summed E-state index contributed by atoms with van der Waals surface area (Å²) in [6.07, 6.45) is 1.89. The highest BCUT2D eigenvalue weighted by molar-refractivity contribution is 7.22. The highest BCUT2D eigenvalue weighted by atomic mass is 32.1. The van der Waals surface area contributed by atoms with Crippen LogP contribution in [-0.2, 0) is 4.79 Å². The van der Waals surface area contributed by atoms with Gasteiger partial charge < -0.3 is 16.4 Å². The number of anilines is 1. The maximum Gasteiger partial charge on any atom is 0.327 e. The second-order valence-corrected chi connectivity index (χ2v) is 7.22. The Hall–Kier alpha value is -3.37. The van der Waals surface area contributed by atoms with Crippen molar-refractivity contribution in [3.05, 3.63) is 53.9 Å². The first kappa shape index (κ1) is 20.4. The summed E-state index contributed by atoms with van der Waals surface area (Å²) in [7, 11) is 0. The standard InChI is InChI=1S/C19H19FN6O2S/c1-11(27)24-18-25-15-6-13(2-4-16(15)29-18)14-3-5-17(22)26(10-14)19(28)23-9-12(7-20)8-21/h2-7,10,22H,8-9,21H2,1H3,(H,23,28)(H,24,25,27)/b12-7+,22-17?. The number of rotatable bonds is 5. The molecule has 0 atom stereocenters. The third kappa shape index (κ3) is 4.73. The van der Waals surface area contributed by atoms with Gasteiger partial charge in [-0.1, -0.05) is 17.4 Å². The van der Waals surface area contributed by atoms with E-state index in [0.717, 1.165) is 14.8 Å². The van der Waals surface area contributed by atoms with Crippen LogP contribution in [0.5, 0.6) is 0 Å². The van der Waals surface area contributed by atoms with E-state index in [1.54, 1.807) is 6.07 Å². The van der Waals surface area contributed by atoms with Crippen LogP contribution >= 0.6 is 11.3 Å². The Labute approximate surface area is 169 Å². The van der Waals surface area contributed by atoms with Crippen molar-refractivity contribution in [1.82, 2.24) is 14.9 Å². The van der Waals surface area contributed by atoms with Gasteiger partial charge in [0.1, 0.15) is 5.49 Å². The SMILES string of the molecule is CC(=O)Nc1nc2cc(-c3ccc(=N)n(C(=O)NC/C(=C/F)CN)c3)ccc2s1. The number of hydrogen-bond donors (Lipinski definition) is 4. The van der Waals surface area contributed by atoms with Crippen LogP contribution in [0.15, 0.2) is 48.4 Å². The second kappa shape index (κ2) is 8.76. The van der Waals surface area contributed by atoms with Crippen molar-refractivity contribution in [2.75, 3.05) is 18.4 Å². The van der Waals surface area contributed by atoms with Crippen molar-refractivity contribution in [2.24, 2.45) is 5.73 Å². The van der Waals surface area contributed by atoms with Crippen molar-refractivity contribution in [1.29, 1.82) is 5.41 Å². The van der Waals surface area contributed by atoms with Gasteiger partial charge in [0.25, 0.3) is 0 Å². The molecule has 2 amide bonds. The number of carbonyl (C=O) groups is 2. The number of nitrogens with one attached hydrogen (secondary N) is 3. The van der Waals surface area contributed by atoms with E-state index < -0.39 is 6.03 Å². The minimum Gasteiger partial charge on any atom is -0.333 e. The molecule has 0 unspecified atom stereocenters. The number of halogens is 1. The zero-order valence-electron chi connectivity index (χ0n) is 15.5. The van der Waals surface area contributed by atoms with Gasteiger partial charge in [-0.2, -0.15) is 0 Å². The second-order valence-electron chi connectivity index (χ2n) is 6.19. The predicted octanol–water partition coefficient (Wildman–Crippen LogP) is 2.57. The zero-order valence-corrected chi connectivity index (χ0v) is 16.3. The molecule has 0 spiro atoms. The third-order valence-electron chi connectivity index (χ3n) is 4.05. The normalized spacial score (nSPS) is 11.5. The van der Waals surface area contributed by atoms with Crippen molar-refractivity contribution in [3.8, 4) is 11.1 Å². The molecule has 0 aliphatic heterocycles. The van der Waals surface area contributed by atoms with E-state index >= 15 is 0 Å². The molecule has 2 aromatic heterocycles. The van der Waals surface area contributed by atoms with Gasteiger partial charge in [0.15, 0.2) is 5.13 Å². The van der Waals surface area contributed by atoms with Gasteiger partial charge in [0, 0.05) is 26.2 Å². The lowest BCUT2D eigenvalue weighted by Gasteiger charge is -2.11. The van der Waals surface area contributed by atoms with Crippen LogP contribution in [0.1, 0.15) is 6.92 Å². The first-order valence-electron chi connectivity index (χ1n) is 8.63. The number of thiazole rings is 1. The summed E-state index contributed by atoms with van der Waals surface area (Å²) in [6, 6.07) is 8.26. The molecule has 0 radical (unpaired) electrons. The lowest BCUT2D eigenvalue weighted by Crippen LogP contribution is -2.37. The summed E-state index contributed by atoms with van der Waals surface area (Å²) in [6.45, 7) is 1.37. The van der Waals surface area contributed by atoms with Crippen LogP contribution in [0.3, 0.4) is 0 Å². The molecule has 0 bridgehead atoms. The number of nitrogens with zero attached hydrogens (tertiary/aromatic N) is 2. The molecule has 0 aliphatic rings. The van der Waals surface area contributed by atoms with Gasteiger partial charge in [0.05, 0.1) is 16.5 Å². The van der Waals surface area contributed by atoms with Crippen LogP contribution in [0.4, 0.5) is 14.3 Å². The molecule has 29 heavy (non-hydrogen) atoms. The summed E-state index contributed by atoms with van der Waals surface area (Å²) < 4.78 is 14.7. The Morgan fingerprint density at radius 1 is 1.31 bits per heavy atom. The van der Waals surface area contributed by atoms with Gasteiger partial charge in [-0.05, 0) is 41.0 Å². The highest BCUT2D eigenvalue weighted by Gasteiger charge is 2.10. The number of carbonyl (C=O) groups excluding carboxylic acids is 2. The monoisotopic (exact) mass is 414 g/mol. The Kier molecular flexibility index (Phi) is 6.15. The average molecular weight is 414 g/mol. The molecular weight excluding hydrogens is 395 g/mol. The Bertz CT molecular complexity index is 1170. The third-order valence-corrected chi connectivity index (χ3v) is 5.01. The van der Waals surface area contributed by atoms with Crippen molar-refractivity contribution in [2.45, 2.75) is 6.92 Å². The number of nitrogens with two attached hydrogens (primary N) is 1. The van der Waals surface area contributed by atoms with Gasteiger partial charge in [-0.15, -0.1) is 0 Å². The maximum atomic E-state index is 12.6. The fraction of sp³-hybridized carbons (Fsp3) is 0.158. The molecule has 0 aliphatic carbocycles. The molecule has 2 heterocycles. The molecule has 150 valence electrons. The fourth-order valence-electron chi connectivity index (χ4n) is 2.58. The van der Waals surface area contributed by atoms with E-state index in [9.17, 15) is 14.0 Å². The van der Waals surface area contributed by atoms with Crippen molar-refractivity contribution < 1.29 is 14.0 Å². The number of hydrogen-bond acceptors (Lipinski definition) is 6. The van der Waals surface area contributed by atoms with Crippen LogP contribution in [0.2, 0.25) is 0 Å². The summed E-state index contributed by atoms with van der Waals surface area (Å²) >= 11 is 1.36. The summed E-state index contributed by atoms with van der Waals surface area (Å²) in [5, 5.41) is 13.7. The number of benzene rings is 1. The van der Waals surface area contributed by atoms with Gasteiger partial charge in [0.2, 0.25) is 5.91 Å². The fourth-order valence-corrected chi connectivity index (χ4v) is 3.47. The van der Waals surface area contributed by atoms with E-state index in [-0.39, 0.29) is 30.1 Å². The molecule has 1 aromatic carbocycles. The molecule has 3 rings (SSSR count). The summed E-state index contributed by atoms with van der Waals surface area (Å²) in [5.41, 5.74) is 7.81. The number of aromatic nitrogens is 2. The van der Waals surface area contributed by atoms with Gasteiger partial charge in [-0.25, -0.2) is 14.2 Å². The summed E-state index contributed by atoms with van der Waals surface area (Å²) in [5.74, 6) is -0.192. The van der Waals surface area contributed by atoms with Crippen LogP contribution in [0.25, 0.3) is 21.3 Å². The summed E-state index contributed by atoms with van der Waals surface area (Å²) in [4.78, 5) is 28.0. The number of fused-ring (bicyclic) bond motifs is 1. The van der Waals surface area contributed by atoms with Crippen LogP contribution in [-0.4, -0.2) is 34.6 Å². The lowest BCUT2D eigenvalue weighted by atomic mass is 10.1. The zero-order chi connectivity index (χ0) is 21.0. The van der Waals surface area contributed by atoms with Crippen LogP contribution < -0.4 is 21.9 Å². The highest BCUT2D eigenvalue weighted by Crippen LogP contribution is 2.29. The Balaban J connectivity index is 1.89. The Morgan fingerprint density at radius 2 is 2.07 bits per heavy atom. The molecule has 10 heteroatoms. The quantitative estimate of drug-likeness (QED) is 0.512. The lowest BCUT2D eigenvalue weighted by molar-refractivity contribution is -0.114. The largest absolute Gasteiger partial charge is 0.333 e. The average Bonchev–Trinajstić information content (AvgIpc) is 3.09. The molecule has 0 saturated carbocycles. The first-order valence-corrected chi connectivity index (χ1v) is 9.45. The maximum absolute atomic E-state index is 12.6. The first-order chi connectivity index (χ1) is 13.9. The van der Waals surface area contributed by atoms with E-state index in [1.165, 1.54) is 30.5 Å². The minimum absolute atomic E-state index is 0.0106. The number of amides is 2. The van der Waals surface area contributed by atoms with Gasteiger partial charge in [-0.3, -0.25) is 14.8 Å². The van der Waals surface area contributed by atoms with E-state index in [4.69, 9.17) is 11.1 Å². The number of pyridine rings is 1. The van der Waals surface area contributed by atoms with Crippen molar-refractivity contribution in [3.63, 3.8) is 0 Å². The molecule has 0 fully saturated rings. The molecule has 8 nitrogen and oxygen atoms in total. The topological polar surface area (TPSA) is 126 Å². The minimum atomic E-state index is -0.563. The smallest absolute Gasteiger partial charge is 0.327 e. The molecule has 3 aromatic rings. The van der Waals surface area contributed by atoms with Crippen LogP contribution in [0, 0.1) is 5.41 Å². The van der Waals surface area contributed by atoms with E-state index in [2.05, 4.69) is 15.6 Å².